The summed E-state index contributed by atoms with van der Waals surface area (Å²) in [5.41, 5.74) is 2.05. The fraction of sp³-hybridized carbons (Fsp3) is 0.417. The fourth-order valence-corrected chi connectivity index (χ4v) is 1.60. The largest absolute Gasteiger partial charge is 0.480 e. The lowest BCUT2D eigenvalue weighted by Crippen LogP contribution is -2.27. The zero-order valence-corrected chi connectivity index (χ0v) is 9.40. The minimum Gasteiger partial charge on any atom is -0.480 e. The van der Waals surface area contributed by atoms with Crippen molar-refractivity contribution in [1.29, 1.82) is 0 Å². The standard InChI is InChI=1S/C12H17NO2/c1-4-9-5-7-10(8-6-9)11(12(14)15)13(2)3/h5-8,11H,4H2,1-3H3,(H,14,15). The van der Waals surface area contributed by atoms with Crippen LogP contribution in [0.5, 0.6) is 0 Å². The summed E-state index contributed by atoms with van der Waals surface area (Å²) in [5.74, 6) is -0.816. The summed E-state index contributed by atoms with van der Waals surface area (Å²) in [7, 11) is 3.54. The number of aliphatic carboxylic acids is 1. The molecule has 0 heterocycles. The van der Waals surface area contributed by atoms with Gasteiger partial charge in [0.2, 0.25) is 0 Å². The highest BCUT2D eigenvalue weighted by molar-refractivity contribution is 5.75. The molecule has 15 heavy (non-hydrogen) atoms. The Morgan fingerprint density at radius 1 is 1.33 bits per heavy atom. The number of likely N-dealkylation sites (N-methyl/N-ethyl adjacent to an activating group) is 1. The van der Waals surface area contributed by atoms with Gasteiger partial charge in [-0.15, -0.1) is 0 Å². The first kappa shape index (κ1) is 11.7. The Morgan fingerprint density at radius 2 is 1.87 bits per heavy atom. The molecule has 0 fully saturated rings. The molecular weight excluding hydrogens is 190 g/mol. The van der Waals surface area contributed by atoms with E-state index in [2.05, 4.69) is 6.92 Å². The molecule has 1 aromatic rings. The van der Waals surface area contributed by atoms with Crippen LogP contribution in [-0.4, -0.2) is 30.1 Å². The van der Waals surface area contributed by atoms with Crippen molar-refractivity contribution in [2.45, 2.75) is 19.4 Å². The average Bonchev–Trinajstić information content (AvgIpc) is 2.18. The first-order chi connectivity index (χ1) is 7.06. The summed E-state index contributed by atoms with van der Waals surface area (Å²) in [5, 5.41) is 9.08. The van der Waals surface area contributed by atoms with Gasteiger partial charge in [0.05, 0.1) is 0 Å². The molecule has 0 bridgehead atoms. The number of nitrogens with zero attached hydrogens (tertiary/aromatic N) is 1. The van der Waals surface area contributed by atoms with E-state index in [0.717, 1.165) is 12.0 Å². The van der Waals surface area contributed by atoms with Gasteiger partial charge in [0, 0.05) is 0 Å². The fourth-order valence-electron chi connectivity index (χ4n) is 1.60. The smallest absolute Gasteiger partial charge is 0.325 e. The van der Waals surface area contributed by atoms with Gasteiger partial charge in [-0.1, -0.05) is 31.2 Å². The predicted octanol–water partition coefficient (Wildman–Crippen LogP) is 1.94. The number of hydrogen-bond acceptors (Lipinski definition) is 2. The van der Waals surface area contributed by atoms with Crippen molar-refractivity contribution in [2.24, 2.45) is 0 Å². The summed E-state index contributed by atoms with van der Waals surface area (Å²) in [6.07, 6.45) is 0.972. The Kier molecular flexibility index (Phi) is 3.86. The van der Waals surface area contributed by atoms with Gasteiger partial charge < -0.3 is 5.11 Å². The van der Waals surface area contributed by atoms with E-state index in [4.69, 9.17) is 5.11 Å². The monoisotopic (exact) mass is 207 g/mol. The molecule has 0 aliphatic heterocycles. The molecule has 3 nitrogen and oxygen atoms in total. The Bertz CT molecular complexity index is 330. The molecule has 0 aliphatic rings. The van der Waals surface area contributed by atoms with Crippen molar-refractivity contribution >= 4 is 5.97 Å². The summed E-state index contributed by atoms with van der Waals surface area (Å²) in [6.45, 7) is 2.08. The van der Waals surface area contributed by atoms with Crippen LogP contribution in [0.25, 0.3) is 0 Å². The van der Waals surface area contributed by atoms with Crippen LogP contribution in [-0.2, 0) is 11.2 Å². The van der Waals surface area contributed by atoms with Crippen LogP contribution in [0.15, 0.2) is 24.3 Å². The molecule has 0 radical (unpaired) electrons. The van der Waals surface area contributed by atoms with E-state index in [9.17, 15) is 4.79 Å². The Morgan fingerprint density at radius 3 is 2.20 bits per heavy atom. The van der Waals surface area contributed by atoms with Gasteiger partial charge in [0.15, 0.2) is 0 Å². The summed E-state index contributed by atoms with van der Waals surface area (Å²) in [4.78, 5) is 12.8. The lowest BCUT2D eigenvalue weighted by molar-refractivity contribution is -0.142. The molecule has 0 amide bonds. The lowest BCUT2D eigenvalue weighted by Gasteiger charge is -2.20. The molecule has 82 valence electrons. The van der Waals surface area contributed by atoms with Gasteiger partial charge in [-0.25, -0.2) is 0 Å². The quantitative estimate of drug-likeness (QED) is 0.820. The van der Waals surface area contributed by atoms with E-state index in [1.807, 2.05) is 24.3 Å². The maximum Gasteiger partial charge on any atom is 0.325 e. The SMILES string of the molecule is CCc1ccc(C(C(=O)O)N(C)C)cc1. The third-order valence-electron chi connectivity index (χ3n) is 2.45. The summed E-state index contributed by atoms with van der Waals surface area (Å²) >= 11 is 0. The maximum absolute atomic E-state index is 11.1. The molecular formula is C12H17NO2. The Labute approximate surface area is 90.3 Å². The van der Waals surface area contributed by atoms with Gasteiger partial charge in [0.1, 0.15) is 6.04 Å². The molecule has 1 unspecified atom stereocenters. The van der Waals surface area contributed by atoms with E-state index >= 15 is 0 Å². The van der Waals surface area contributed by atoms with Gasteiger partial charge in [-0.3, -0.25) is 9.69 Å². The minimum atomic E-state index is -0.816. The van der Waals surface area contributed by atoms with E-state index in [-0.39, 0.29) is 0 Å². The summed E-state index contributed by atoms with van der Waals surface area (Å²) < 4.78 is 0. The van der Waals surface area contributed by atoms with Crippen LogP contribution < -0.4 is 0 Å². The third kappa shape index (κ3) is 2.80. The van der Waals surface area contributed by atoms with Gasteiger partial charge in [-0.2, -0.15) is 0 Å². The van der Waals surface area contributed by atoms with E-state index in [1.54, 1.807) is 19.0 Å². The van der Waals surface area contributed by atoms with E-state index in [1.165, 1.54) is 5.56 Å². The van der Waals surface area contributed by atoms with Crippen LogP contribution in [0.2, 0.25) is 0 Å². The molecule has 1 rings (SSSR count). The number of hydrogen-bond donors (Lipinski definition) is 1. The highest BCUT2D eigenvalue weighted by Crippen LogP contribution is 2.19. The molecule has 0 saturated carbocycles. The number of carboxylic acids is 1. The van der Waals surface area contributed by atoms with Gasteiger partial charge in [0.25, 0.3) is 0 Å². The van der Waals surface area contributed by atoms with Crippen LogP contribution in [0, 0.1) is 0 Å². The number of rotatable bonds is 4. The molecule has 1 atom stereocenters. The maximum atomic E-state index is 11.1. The summed E-state index contributed by atoms with van der Waals surface area (Å²) in [6, 6.07) is 7.18. The van der Waals surface area contributed by atoms with Crippen LogP contribution >= 0.6 is 0 Å². The molecule has 0 aromatic heterocycles. The Balaban J connectivity index is 2.97. The second kappa shape index (κ2) is 4.94. The average molecular weight is 207 g/mol. The molecule has 0 aliphatic carbocycles. The normalized spacial score (nSPS) is 12.8. The second-order valence-electron chi connectivity index (χ2n) is 3.80. The third-order valence-corrected chi connectivity index (χ3v) is 2.45. The van der Waals surface area contributed by atoms with Crippen LogP contribution in [0.3, 0.4) is 0 Å². The molecule has 1 aromatic carbocycles. The number of aryl methyl sites for hydroxylation is 1. The minimum absolute atomic E-state index is 0.559. The zero-order valence-electron chi connectivity index (χ0n) is 9.40. The van der Waals surface area contributed by atoms with Crippen LogP contribution in [0.4, 0.5) is 0 Å². The van der Waals surface area contributed by atoms with Crippen molar-refractivity contribution in [3.63, 3.8) is 0 Å². The van der Waals surface area contributed by atoms with Gasteiger partial charge >= 0.3 is 5.97 Å². The lowest BCUT2D eigenvalue weighted by atomic mass is 10.0. The van der Waals surface area contributed by atoms with E-state index in [0.29, 0.717) is 0 Å². The highest BCUT2D eigenvalue weighted by atomic mass is 16.4. The van der Waals surface area contributed by atoms with Crippen molar-refractivity contribution in [3.8, 4) is 0 Å². The molecule has 3 heteroatoms. The van der Waals surface area contributed by atoms with Gasteiger partial charge in [-0.05, 0) is 31.6 Å². The topological polar surface area (TPSA) is 40.5 Å². The molecule has 0 saturated heterocycles. The van der Waals surface area contributed by atoms with Crippen molar-refractivity contribution in [3.05, 3.63) is 35.4 Å². The molecule has 0 spiro atoms. The van der Waals surface area contributed by atoms with E-state index < -0.39 is 12.0 Å². The number of carbonyl (C=O) groups is 1. The second-order valence-corrected chi connectivity index (χ2v) is 3.80. The van der Waals surface area contributed by atoms with Crippen molar-refractivity contribution in [1.82, 2.24) is 4.90 Å². The first-order valence-electron chi connectivity index (χ1n) is 5.04. The number of carboxylic acid groups (broad SMARTS) is 1. The zero-order chi connectivity index (χ0) is 11.4. The first-order valence-corrected chi connectivity index (χ1v) is 5.04. The highest BCUT2D eigenvalue weighted by Gasteiger charge is 2.21. The number of benzene rings is 1. The van der Waals surface area contributed by atoms with Crippen molar-refractivity contribution in [2.75, 3.05) is 14.1 Å². The molecule has 1 N–H and O–H groups in total. The Hall–Kier alpha value is -1.35. The predicted molar refractivity (Wildman–Crippen MR) is 59.9 cm³/mol. The van der Waals surface area contributed by atoms with Crippen LogP contribution in [0.1, 0.15) is 24.1 Å². The van der Waals surface area contributed by atoms with Crippen molar-refractivity contribution < 1.29 is 9.90 Å².